The zero-order valence-electron chi connectivity index (χ0n) is 14.7. The van der Waals surface area contributed by atoms with Crippen LogP contribution in [0.3, 0.4) is 0 Å². The van der Waals surface area contributed by atoms with Crippen LogP contribution >= 0.6 is 12.4 Å². The second kappa shape index (κ2) is 9.97. The Bertz CT molecular complexity index is 779. The van der Waals surface area contributed by atoms with Crippen molar-refractivity contribution in [3.05, 3.63) is 35.5 Å². The summed E-state index contributed by atoms with van der Waals surface area (Å²) in [6.07, 6.45) is 7.27. The van der Waals surface area contributed by atoms with E-state index >= 15 is 0 Å². The van der Waals surface area contributed by atoms with Crippen molar-refractivity contribution in [3.63, 3.8) is 0 Å². The fraction of sp³-hybridized carbons (Fsp3) is 0.421. The summed E-state index contributed by atoms with van der Waals surface area (Å²) >= 11 is 0. The molecule has 1 heterocycles. The first-order chi connectivity index (χ1) is 12.3. The monoisotopic (exact) mass is 376 g/mol. The Morgan fingerprint density at radius 1 is 1.19 bits per heavy atom. The topological polar surface area (TPSA) is 86.6 Å². The lowest BCUT2D eigenvalue weighted by molar-refractivity contribution is -0.114. The summed E-state index contributed by atoms with van der Waals surface area (Å²) in [6.45, 7) is 1.42. The molecule has 0 fully saturated rings. The van der Waals surface area contributed by atoms with Crippen LogP contribution in [0.5, 0.6) is 0 Å². The Hall–Kier alpha value is -2.34. The molecule has 0 atom stereocenters. The molecule has 1 aliphatic carbocycles. The molecule has 26 heavy (non-hydrogen) atoms. The van der Waals surface area contributed by atoms with Crippen LogP contribution in [0.25, 0.3) is 10.9 Å². The van der Waals surface area contributed by atoms with Crippen LogP contribution in [-0.4, -0.2) is 35.4 Å². The maximum absolute atomic E-state index is 11.2. The molecule has 0 radical (unpaired) electrons. The van der Waals surface area contributed by atoms with Crippen molar-refractivity contribution < 1.29 is 10.0 Å². The average molecular weight is 377 g/mol. The number of unbranched alkanes of at least 4 members (excludes halogenated alkanes) is 1. The summed E-state index contributed by atoms with van der Waals surface area (Å²) in [7, 11) is 0. The number of pyridine rings is 1. The van der Waals surface area contributed by atoms with Gasteiger partial charge in [0.1, 0.15) is 6.21 Å². The van der Waals surface area contributed by atoms with Gasteiger partial charge in [0.25, 0.3) is 5.91 Å². The van der Waals surface area contributed by atoms with Crippen LogP contribution in [0.1, 0.15) is 36.9 Å². The molecule has 7 heteroatoms. The van der Waals surface area contributed by atoms with Crippen LogP contribution in [0.15, 0.2) is 29.4 Å². The van der Waals surface area contributed by atoms with Gasteiger partial charge in [-0.05, 0) is 50.2 Å². The second-order valence-corrected chi connectivity index (χ2v) is 6.31. The van der Waals surface area contributed by atoms with Gasteiger partial charge in [-0.1, -0.05) is 23.4 Å². The summed E-state index contributed by atoms with van der Waals surface area (Å²) in [5.41, 5.74) is 4.90. The lowest BCUT2D eigenvalue weighted by Crippen LogP contribution is -2.25. The van der Waals surface area contributed by atoms with Gasteiger partial charge in [0.05, 0.1) is 5.52 Å². The highest BCUT2D eigenvalue weighted by molar-refractivity contribution is 6.25. The lowest BCUT2D eigenvalue weighted by Gasteiger charge is -2.21. The summed E-state index contributed by atoms with van der Waals surface area (Å²) in [4.78, 5) is 16.0. The van der Waals surface area contributed by atoms with Gasteiger partial charge in [0.2, 0.25) is 0 Å². The van der Waals surface area contributed by atoms with E-state index in [1.165, 1.54) is 35.2 Å². The number of fused-ring (bicyclic) bond motifs is 2. The van der Waals surface area contributed by atoms with Crippen LogP contribution < -0.4 is 10.6 Å². The number of para-hydroxylation sites is 1. The number of aryl methyl sites for hydroxylation is 1. The molecule has 3 rings (SSSR count). The molecule has 1 amide bonds. The Kier molecular flexibility index (Phi) is 7.66. The summed E-state index contributed by atoms with van der Waals surface area (Å²) < 4.78 is 0. The van der Waals surface area contributed by atoms with Gasteiger partial charge in [-0.25, -0.2) is 0 Å². The third kappa shape index (κ3) is 4.85. The van der Waals surface area contributed by atoms with Crippen molar-refractivity contribution in [1.82, 2.24) is 10.3 Å². The maximum atomic E-state index is 11.2. The third-order valence-electron chi connectivity index (χ3n) is 4.55. The quantitative estimate of drug-likeness (QED) is 0.299. The van der Waals surface area contributed by atoms with Gasteiger partial charge in [-0.3, -0.25) is 9.78 Å². The molecule has 0 aliphatic heterocycles. The molecule has 3 N–H and O–H groups in total. The number of carbonyl (C=O) groups is 1. The number of halogens is 1. The molecule has 1 aromatic heterocycles. The summed E-state index contributed by atoms with van der Waals surface area (Å²) in [6, 6.07) is 8.30. The predicted molar refractivity (Wildman–Crippen MR) is 107 cm³/mol. The number of nitrogens with one attached hydrogen (secondary N) is 2. The minimum Gasteiger partial charge on any atom is -0.411 e. The van der Waals surface area contributed by atoms with E-state index in [2.05, 4.69) is 34.0 Å². The molecular weight excluding hydrogens is 352 g/mol. The molecule has 2 aromatic rings. The number of anilines is 1. The van der Waals surface area contributed by atoms with Gasteiger partial charge >= 0.3 is 0 Å². The number of aromatic nitrogens is 1. The van der Waals surface area contributed by atoms with E-state index in [1.54, 1.807) is 0 Å². The molecule has 1 aliphatic rings. The third-order valence-corrected chi connectivity index (χ3v) is 4.55. The van der Waals surface area contributed by atoms with Gasteiger partial charge in [0, 0.05) is 29.9 Å². The van der Waals surface area contributed by atoms with E-state index in [4.69, 9.17) is 10.2 Å². The van der Waals surface area contributed by atoms with E-state index in [-0.39, 0.29) is 18.3 Å². The molecule has 0 saturated carbocycles. The van der Waals surface area contributed by atoms with Crippen LogP contribution in [0.4, 0.5) is 5.69 Å². The lowest BCUT2D eigenvalue weighted by atomic mass is 9.92. The smallest absolute Gasteiger partial charge is 0.265 e. The van der Waals surface area contributed by atoms with Crippen molar-refractivity contribution in [1.29, 1.82) is 0 Å². The molecule has 0 bridgehead atoms. The normalized spacial score (nSPS) is 13.2. The fourth-order valence-corrected chi connectivity index (χ4v) is 3.35. The fourth-order valence-electron chi connectivity index (χ4n) is 3.35. The van der Waals surface area contributed by atoms with Crippen molar-refractivity contribution in [3.8, 4) is 0 Å². The predicted octanol–water partition coefficient (Wildman–Crippen LogP) is 3.30. The Balaban J connectivity index is 0.00000243. The molecule has 0 saturated heterocycles. The van der Waals surface area contributed by atoms with Crippen LogP contribution in [0, 0.1) is 0 Å². The molecule has 140 valence electrons. The van der Waals surface area contributed by atoms with Crippen molar-refractivity contribution in [2.24, 2.45) is 5.16 Å². The highest BCUT2D eigenvalue weighted by atomic mass is 35.5. The zero-order chi connectivity index (χ0) is 17.5. The average Bonchev–Trinajstić information content (AvgIpc) is 2.64. The van der Waals surface area contributed by atoms with Crippen molar-refractivity contribution in [2.45, 2.75) is 38.5 Å². The first-order valence-corrected chi connectivity index (χ1v) is 8.89. The number of carbonyl (C=O) groups excluding carboxylic acids is 1. The molecule has 6 nitrogen and oxygen atoms in total. The van der Waals surface area contributed by atoms with E-state index < -0.39 is 0 Å². The Morgan fingerprint density at radius 3 is 2.81 bits per heavy atom. The standard InChI is InChI=1S/C19H24N4O2.ClH/c24-18(13-22-25)20-11-5-6-12-21-19-14-7-1-3-9-16(14)23-17-10-4-2-8-15(17)19;/h1,3,7,9,13,25H,2,4-6,8,10-12H2,(H,20,24)(H,21,23);1H. The minimum absolute atomic E-state index is 0. The number of hydrogen-bond acceptors (Lipinski definition) is 5. The van der Waals surface area contributed by atoms with Crippen LogP contribution in [0.2, 0.25) is 0 Å². The second-order valence-electron chi connectivity index (χ2n) is 6.31. The minimum atomic E-state index is -0.371. The van der Waals surface area contributed by atoms with Gasteiger partial charge in [-0.15, -0.1) is 12.4 Å². The largest absolute Gasteiger partial charge is 0.411 e. The number of benzene rings is 1. The van der Waals surface area contributed by atoms with Crippen molar-refractivity contribution >= 4 is 41.1 Å². The number of amides is 1. The van der Waals surface area contributed by atoms with E-state index in [0.717, 1.165) is 44.0 Å². The zero-order valence-corrected chi connectivity index (χ0v) is 15.5. The molecule has 1 aromatic carbocycles. The molecular formula is C19H25ClN4O2. The molecule has 0 unspecified atom stereocenters. The Labute approximate surface area is 159 Å². The number of nitrogens with zero attached hydrogens (tertiary/aromatic N) is 2. The number of oxime groups is 1. The summed E-state index contributed by atoms with van der Waals surface area (Å²) in [5, 5.41) is 18.5. The van der Waals surface area contributed by atoms with Gasteiger partial charge in [-0.2, -0.15) is 0 Å². The highest BCUT2D eigenvalue weighted by Gasteiger charge is 2.17. The van der Waals surface area contributed by atoms with E-state index in [0.29, 0.717) is 6.54 Å². The highest BCUT2D eigenvalue weighted by Crippen LogP contribution is 2.33. The number of hydrogen-bond donors (Lipinski definition) is 3. The first-order valence-electron chi connectivity index (χ1n) is 8.89. The summed E-state index contributed by atoms with van der Waals surface area (Å²) in [5.74, 6) is -0.371. The molecule has 0 spiro atoms. The van der Waals surface area contributed by atoms with Gasteiger partial charge < -0.3 is 15.8 Å². The Morgan fingerprint density at radius 2 is 1.96 bits per heavy atom. The van der Waals surface area contributed by atoms with Crippen molar-refractivity contribution in [2.75, 3.05) is 18.4 Å². The van der Waals surface area contributed by atoms with E-state index in [1.807, 2.05) is 6.07 Å². The maximum Gasteiger partial charge on any atom is 0.265 e. The van der Waals surface area contributed by atoms with Crippen LogP contribution in [-0.2, 0) is 17.6 Å². The van der Waals surface area contributed by atoms with E-state index in [9.17, 15) is 4.79 Å². The SMILES string of the molecule is Cl.O=C(C=NO)NCCCCNc1c2c(nc3ccccc13)CCCC2. The first kappa shape index (κ1) is 20.0. The number of rotatable bonds is 7. The van der Waals surface area contributed by atoms with Gasteiger partial charge in [0.15, 0.2) is 0 Å².